The average molecular weight is 412 g/mol. The first kappa shape index (κ1) is 14.5. The maximum absolute atomic E-state index is 13.1. The average Bonchev–Trinajstić information content (AvgIpc) is 2.87. The Kier molecular flexibility index (Phi) is 3.95. The van der Waals surface area contributed by atoms with Crippen molar-refractivity contribution in [2.24, 2.45) is 0 Å². The lowest BCUT2D eigenvalue weighted by atomic mass is 10.1. The number of furan rings is 1. The number of rotatable bonds is 3. The molecule has 3 aromatic rings. The van der Waals surface area contributed by atoms with Gasteiger partial charge in [0.2, 0.25) is 5.78 Å². The van der Waals surface area contributed by atoms with Gasteiger partial charge in [0.1, 0.15) is 11.4 Å². The fourth-order valence-electron chi connectivity index (χ4n) is 2.09. The van der Waals surface area contributed by atoms with E-state index in [-0.39, 0.29) is 18.0 Å². The highest BCUT2D eigenvalue weighted by atomic mass is 79.9. The Morgan fingerprint density at radius 1 is 1.10 bits per heavy atom. The summed E-state index contributed by atoms with van der Waals surface area (Å²) in [5.41, 5.74) is 1.37. The summed E-state index contributed by atoms with van der Waals surface area (Å²) in [4.78, 5) is 12.3. The summed E-state index contributed by atoms with van der Waals surface area (Å²) in [5.74, 6) is -0.190. The third-order valence-electron chi connectivity index (χ3n) is 3.14. The Morgan fingerprint density at radius 3 is 2.62 bits per heavy atom. The van der Waals surface area contributed by atoms with E-state index in [0.29, 0.717) is 15.8 Å². The number of carbonyl (C=O) groups is 1. The molecule has 1 heterocycles. The first-order chi connectivity index (χ1) is 10.0. The predicted octanol–water partition coefficient (Wildman–Crippen LogP) is 5.52. The number of para-hydroxylation sites is 1. The Hall–Kier alpha value is -1.46. The molecule has 2 aromatic carbocycles. The van der Waals surface area contributed by atoms with Gasteiger partial charge in [-0.25, -0.2) is 4.39 Å². The zero-order chi connectivity index (χ0) is 15.0. The highest BCUT2D eigenvalue weighted by Crippen LogP contribution is 2.28. The van der Waals surface area contributed by atoms with Crippen molar-refractivity contribution >= 4 is 48.6 Å². The minimum Gasteiger partial charge on any atom is -0.452 e. The van der Waals surface area contributed by atoms with Crippen LogP contribution in [0.5, 0.6) is 0 Å². The Bertz CT molecular complexity index is 839. The van der Waals surface area contributed by atoms with Crippen LogP contribution in [0.3, 0.4) is 0 Å². The summed E-state index contributed by atoms with van der Waals surface area (Å²) in [6, 6.07) is 11.6. The number of fused-ring (bicyclic) bond motifs is 1. The summed E-state index contributed by atoms with van der Waals surface area (Å²) in [7, 11) is 0. The van der Waals surface area contributed by atoms with Gasteiger partial charge in [0.15, 0.2) is 5.76 Å². The SMILES string of the molecule is O=C(Cc1ccc(F)cc1Br)c1cc2cccc(Br)c2o1. The Labute approximate surface area is 137 Å². The van der Waals surface area contributed by atoms with Crippen LogP contribution in [0.1, 0.15) is 16.1 Å². The number of carbonyl (C=O) groups excluding carboxylic acids is 1. The summed E-state index contributed by atoms with van der Waals surface area (Å²) < 4.78 is 20.0. The molecule has 0 aliphatic rings. The zero-order valence-corrected chi connectivity index (χ0v) is 13.9. The number of hydrogen-bond donors (Lipinski definition) is 0. The molecule has 0 spiro atoms. The number of Topliss-reactive ketones (excluding diaryl/α,β-unsaturated/α-hetero) is 1. The van der Waals surface area contributed by atoms with Crippen molar-refractivity contribution in [1.82, 2.24) is 0 Å². The van der Waals surface area contributed by atoms with Gasteiger partial charge in [-0.1, -0.05) is 34.1 Å². The number of benzene rings is 2. The normalized spacial score (nSPS) is 11.0. The molecular weight excluding hydrogens is 403 g/mol. The summed E-state index contributed by atoms with van der Waals surface area (Å²) in [6.45, 7) is 0. The van der Waals surface area contributed by atoms with Crippen LogP contribution in [-0.2, 0) is 6.42 Å². The second kappa shape index (κ2) is 5.73. The molecule has 0 fully saturated rings. The van der Waals surface area contributed by atoms with Gasteiger partial charge in [0.05, 0.1) is 4.47 Å². The van der Waals surface area contributed by atoms with Crippen LogP contribution in [0.25, 0.3) is 11.0 Å². The number of halogens is 3. The van der Waals surface area contributed by atoms with Crippen LogP contribution in [-0.4, -0.2) is 5.78 Å². The van der Waals surface area contributed by atoms with E-state index in [0.717, 1.165) is 15.4 Å². The largest absolute Gasteiger partial charge is 0.452 e. The molecule has 0 N–H and O–H groups in total. The molecule has 3 rings (SSSR count). The van der Waals surface area contributed by atoms with Crippen molar-refractivity contribution in [1.29, 1.82) is 0 Å². The first-order valence-electron chi connectivity index (χ1n) is 6.20. The monoisotopic (exact) mass is 410 g/mol. The molecule has 0 amide bonds. The van der Waals surface area contributed by atoms with E-state index in [1.54, 1.807) is 12.1 Å². The maximum Gasteiger partial charge on any atom is 0.202 e. The lowest BCUT2D eigenvalue weighted by Gasteiger charge is -2.02. The molecule has 0 unspecified atom stereocenters. The fourth-order valence-corrected chi connectivity index (χ4v) is 3.04. The second-order valence-corrected chi connectivity index (χ2v) is 6.31. The summed E-state index contributed by atoms with van der Waals surface area (Å²) >= 11 is 6.66. The number of hydrogen-bond acceptors (Lipinski definition) is 2. The minimum atomic E-state index is -0.342. The van der Waals surface area contributed by atoms with Crippen molar-refractivity contribution in [3.63, 3.8) is 0 Å². The Balaban J connectivity index is 1.92. The van der Waals surface area contributed by atoms with Gasteiger partial charge in [-0.15, -0.1) is 0 Å². The summed E-state index contributed by atoms with van der Waals surface area (Å²) in [5, 5.41) is 0.867. The van der Waals surface area contributed by atoms with Crippen LogP contribution in [0.4, 0.5) is 4.39 Å². The van der Waals surface area contributed by atoms with Crippen LogP contribution < -0.4 is 0 Å². The molecule has 0 bridgehead atoms. The van der Waals surface area contributed by atoms with E-state index in [2.05, 4.69) is 31.9 Å². The van der Waals surface area contributed by atoms with E-state index in [1.807, 2.05) is 18.2 Å². The smallest absolute Gasteiger partial charge is 0.202 e. The van der Waals surface area contributed by atoms with Crippen LogP contribution >= 0.6 is 31.9 Å². The predicted molar refractivity (Wildman–Crippen MR) is 86.0 cm³/mol. The third-order valence-corrected chi connectivity index (χ3v) is 4.50. The maximum atomic E-state index is 13.1. The van der Waals surface area contributed by atoms with Crippen molar-refractivity contribution in [3.05, 3.63) is 68.6 Å². The molecule has 5 heteroatoms. The number of ketones is 1. The van der Waals surface area contributed by atoms with Crippen molar-refractivity contribution in [2.45, 2.75) is 6.42 Å². The van der Waals surface area contributed by atoms with E-state index in [4.69, 9.17) is 4.42 Å². The van der Waals surface area contributed by atoms with Gasteiger partial charge in [0.25, 0.3) is 0 Å². The van der Waals surface area contributed by atoms with E-state index >= 15 is 0 Å². The lowest BCUT2D eigenvalue weighted by molar-refractivity contribution is 0.0968. The van der Waals surface area contributed by atoms with Crippen molar-refractivity contribution in [3.8, 4) is 0 Å². The molecule has 0 aliphatic heterocycles. The first-order valence-corrected chi connectivity index (χ1v) is 7.78. The third kappa shape index (κ3) is 2.94. The van der Waals surface area contributed by atoms with Crippen molar-refractivity contribution in [2.75, 3.05) is 0 Å². The van der Waals surface area contributed by atoms with Crippen LogP contribution in [0, 0.1) is 5.82 Å². The topological polar surface area (TPSA) is 30.2 Å². The minimum absolute atomic E-state index is 0.148. The van der Waals surface area contributed by atoms with Gasteiger partial charge in [-0.3, -0.25) is 4.79 Å². The quantitative estimate of drug-likeness (QED) is 0.531. The van der Waals surface area contributed by atoms with Gasteiger partial charge < -0.3 is 4.42 Å². The standard InChI is InChI=1S/C16H9Br2FO2/c17-12-3-1-2-10-7-15(21-16(10)12)14(20)6-9-4-5-11(19)8-13(9)18/h1-5,7-8H,6H2. The van der Waals surface area contributed by atoms with Gasteiger partial charge in [-0.05, 0) is 45.8 Å². The van der Waals surface area contributed by atoms with Crippen molar-refractivity contribution < 1.29 is 13.6 Å². The van der Waals surface area contributed by atoms with E-state index in [1.165, 1.54) is 12.1 Å². The molecule has 0 atom stereocenters. The molecule has 0 saturated carbocycles. The van der Waals surface area contributed by atoms with Crippen LogP contribution in [0.15, 0.2) is 55.8 Å². The molecule has 21 heavy (non-hydrogen) atoms. The Morgan fingerprint density at radius 2 is 1.90 bits per heavy atom. The van der Waals surface area contributed by atoms with E-state index in [9.17, 15) is 9.18 Å². The zero-order valence-electron chi connectivity index (χ0n) is 10.7. The molecule has 2 nitrogen and oxygen atoms in total. The molecular formula is C16H9Br2FO2. The van der Waals surface area contributed by atoms with Gasteiger partial charge in [-0.2, -0.15) is 0 Å². The highest BCUT2D eigenvalue weighted by Gasteiger charge is 2.15. The molecule has 106 valence electrons. The molecule has 0 radical (unpaired) electrons. The highest BCUT2D eigenvalue weighted by molar-refractivity contribution is 9.11. The van der Waals surface area contributed by atoms with Crippen LogP contribution in [0.2, 0.25) is 0 Å². The molecule has 0 saturated heterocycles. The van der Waals surface area contributed by atoms with Gasteiger partial charge >= 0.3 is 0 Å². The molecule has 0 aliphatic carbocycles. The summed E-state index contributed by atoms with van der Waals surface area (Å²) in [6.07, 6.45) is 0.151. The fraction of sp³-hybridized carbons (Fsp3) is 0.0625. The second-order valence-electron chi connectivity index (χ2n) is 4.60. The molecule has 1 aromatic heterocycles. The van der Waals surface area contributed by atoms with Gasteiger partial charge in [0, 0.05) is 16.3 Å². The van der Waals surface area contributed by atoms with E-state index < -0.39 is 0 Å². The lowest BCUT2D eigenvalue weighted by Crippen LogP contribution is -2.02.